The molecular weight excluding hydrogens is 330 g/mol. The maximum atomic E-state index is 10.6. The first kappa shape index (κ1) is 17.9. The van der Waals surface area contributed by atoms with E-state index < -0.39 is 11.9 Å². The molecule has 10 nitrogen and oxygen atoms in total. The van der Waals surface area contributed by atoms with Crippen molar-refractivity contribution >= 4 is 23.8 Å². The second-order valence-corrected chi connectivity index (χ2v) is 4.82. The minimum Gasteiger partial charge on any atom is -0.481 e. The van der Waals surface area contributed by atoms with Crippen LogP contribution < -0.4 is 15.4 Å². The Morgan fingerprint density at radius 2 is 1.40 bits per heavy atom. The molecule has 0 fully saturated rings. The van der Waals surface area contributed by atoms with Gasteiger partial charge in [-0.15, -0.1) is 0 Å². The van der Waals surface area contributed by atoms with Crippen LogP contribution in [0.4, 0.5) is 11.9 Å². The summed E-state index contributed by atoms with van der Waals surface area (Å²) in [4.78, 5) is 33.4. The predicted octanol–water partition coefficient (Wildman–Crippen LogP) is 1.44. The van der Waals surface area contributed by atoms with Crippen molar-refractivity contribution in [3.63, 3.8) is 0 Å². The summed E-state index contributed by atoms with van der Waals surface area (Å²) in [5.74, 6) is -1.15. The van der Waals surface area contributed by atoms with E-state index in [1.54, 1.807) is 24.3 Å². The van der Waals surface area contributed by atoms with Crippen molar-refractivity contribution < 1.29 is 24.5 Å². The smallest absolute Gasteiger partial charge is 0.328 e. The van der Waals surface area contributed by atoms with Gasteiger partial charge in [0.25, 0.3) is 0 Å². The molecule has 25 heavy (non-hydrogen) atoms. The zero-order valence-electron chi connectivity index (χ0n) is 13.2. The number of nitrogens with zero attached hydrogens (tertiary/aromatic N) is 3. The van der Waals surface area contributed by atoms with Gasteiger partial charge < -0.3 is 25.6 Å². The quantitative estimate of drug-likeness (QED) is 0.497. The van der Waals surface area contributed by atoms with Crippen molar-refractivity contribution in [3.8, 4) is 11.8 Å². The molecule has 0 amide bonds. The number of para-hydroxylation sites is 1. The van der Waals surface area contributed by atoms with Crippen LogP contribution in [0.15, 0.2) is 30.3 Å². The average molecular weight is 347 g/mol. The monoisotopic (exact) mass is 347 g/mol. The standard InChI is InChI=1S/C15H17N5O5/c21-11(22)6-8-16-13-18-14(17-9-7-12(23)24)20-15(19-13)25-10-4-2-1-3-5-10/h1-5H,6-9H2,(H,21,22)(H,23,24)(H2,16,17,18,19,20). The molecule has 1 aromatic carbocycles. The summed E-state index contributed by atoms with van der Waals surface area (Å²) in [6.45, 7) is 0.247. The molecule has 0 aliphatic carbocycles. The molecule has 0 saturated carbocycles. The van der Waals surface area contributed by atoms with Gasteiger partial charge in [-0.3, -0.25) is 9.59 Å². The van der Waals surface area contributed by atoms with Crippen molar-refractivity contribution in [3.05, 3.63) is 30.3 Å². The lowest BCUT2D eigenvalue weighted by Crippen LogP contribution is -2.14. The molecule has 0 spiro atoms. The molecule has 0 aliphatic rings. The lowest BCUT2D eigenvalue weighted by molar-refractivity contribution is -0.137. The zero-order chi connectivity index (χ0) is 18.1. The van der Waals surface area contributed by atoms with Crippen LogP contribution in [0.3, 0.4) is 0 Å². The number of rotatable bonds is 10. The van der Waals surface area contributed by atoms with Crippen molar-refractivity contribution in [1.82, 2.24) is 15.0 Å². The van der Waals surface area contributed by atoms with Gasteiger partial charge in [-0.1, -0.05) is 18.2 Å². The van der Waals surface area contributed by atoms with E-state index in [0.29, 0.717) is 5.75 Å². The number of anilines is 2. The van der Waals surface area contributed by atoms with Crippen LogP contribution in [0.5, 0.6) is 11.8 Å². The number of hydrogen-bond donors (Lipinski definition) is 4. The van der Waals surface area contributed by atoms with E-state index in [4.69, 9.17) is 14.9 Å². The lowest BCUT2D eigenvalue weighted by Gasteiger charge is -2.10. The third kappa shape index (κ3) is 6.69. The number of hydrogen-bond acceptors (Lipinski definition) is 8. The Morgan fingerprint density at radius 1 is 0.880 bits per heavy atom. The number of benzene rings is 1. The molecule has 4 N–H and O–H groups in total. The fourth-order valence-corrected chi connectivity index (χ4v) is 1.72. The number of nitrogens with one attached hydrogen (secondary N) is 2. The molecule has 1 aromatic heterocycles. The van der Waals surface area contributed by atoms with Crippen LogP contribution in [0, 0.1) is 0 Å². The molecule has 1 heterocycles. The van der Waals surface area contributed by atoms with Gasteiger partial charge in [0.2, 0.25) is 11.9 Å². The average Bonchev–Trinajstić information content (AvgIpc) is 2.55. The van der Waals surface area contributed by atoms with Gasteiger partial charge >= 0.3 is 17.9 Å². The number of aliphatic carboxylic acids is 2. The van der Waals surface area contributed by atoms with Crippen LogP contribution in [-0.4, -0.2) is 50.2 Å². The maximum Gasteiger partial charge on any atom is 0.328 e. The van der Waals surface area contributed by atoms with Crippen molar-refractivity contribution in [2.24, 2.45) is 0 Å². The van der Waals surface area contributed by atoms with Gasteiger partial charge in [0, 0.05) is 13.1 Å². The molecule has 10 heteroatoms. The van der Waals surface area contributed by atoms with E-state index in [1.807, 2.05) is 6.07 Å². The molecule has 0 atom stereocenters. The van der Waals surface area contributed by atoms with Gasteiger partial charge in [-0.2, -0.15) is 15.0 Å². The normalized spacial score (nSPS) is 10.1. The van der Waals surface area contributed by atoms with Gasteiger partial charge in [-0.05, 0) is 12.1 Å². The van der Waals surface area contributed by atoms with Crippen LogP contribution >= 0.6 is 0 Å². The fourth-order valence-electron chi connectivity index (χ4n) is 1.72. The van der Waals surface area contributed by atoms with Crippen molar-refractivity contribution in [2.45, 2.75) is 12.8 Å². The summed E-state index contributed by atoms with van der Waals surface area (Å²) < 4.78 is 5.54. The second-order valence-electron chi connectivity index (χ2n) is 4.82. The first-order valence-electron chi connectivity index (χ1n) is 7.43. The summed E-state index contributed by atoms with van der Waals surface area (Å²) in [6, 6.07) is 8.84. The second kappa shape index (κ2) is 9.01. The molecule has 0 aliphatic heterocycles. The Labute approximate surface area is 142 Å². The third-order valence-electron chi connectivity index (χ3n) is 2.81. The van der Waals surface area contributed by atoms with E-state index >= 15 is 0 Å². The van der Waals surface area contributed by atoms with Gasteiger partial charge in [0.15, 0.2) is 0 Å². The van der Waals surface area contributed by atoms with Crippen molar-refractivity contribution in [2.75, 3.05) is 23.7 Å². The summed E-state index contributed by atoms with van der Waals surface area (Å²) in [6.07, 6.45) is -0.218. The Morgan fingerprint density at radius 3 is 1.88 bits per heavy atom. The Kier molecular flexibility index (Phi) is 6.46. The molecule has 2 aromatic rings. The van der Waals surface area contributed by atoms with Gasteiger partial charge in [0.05, 0.1) is 12.8 Å². The Hall–Kier alpha value is -3.43. The van der Waals surface area contributed by atoms with E-state index in [9.17, 15) is 9.59 Å². The molecule has 132 valence electrons. The van der Waals surface area contributed by atoms with Crippen molar-refractivity contribution in [1.29, 1.82) is 0 Å². The highest BCUT2D eigenvalue weighted by molar-refractivity contribution is 5.67. The number of carboxylic acids is 2. The minimum atomic E-state index is -0.956. The number of aromatic nitrogens is 3. The topological polar surface area (TPSA) is 147 Å². The van der Waals surface area contributed by atoms with Crippen LogP contribution in [-0.2, 0) is 9.59 Å². The Balaban J connectivity index is 2.11. The van der Waals surface area contributed by atoms with Crippen LogP contribution in [0.25, 0.3) is 0 Å². The first-order chi connectivity index (χ1) is 12.0. The molecular formula is C15H17N5O5. The summed E-state index contributed by atoms with van der Waals surface area (Å²) in [5, 5.41) is 22.9. The zero-order valence-corrected chi connectivity index (χ0v) is 13.2. The molecule has 2 rings (SSSR count). The molecule has 0 unspecified atom stereocenters. The third-order valence-corrected chi connectivity index (χ3v) is 2.81. The molecule has 0 radical (unpaired) electrons. The van der Waals surface area contributed by atoms with E-state index in [0.717, 1.165) is 0 Å². The fraction of sp³-hybridized carbons (Fsp3) is 0.267. The maximum absolute atomic E-state index is 10.6. The van der Waals surface area contributed by atoms with Gasteiger partial charge in [0.1, 0.15) is 5.75 Å². The van der Waals surface area contributed by atoms with Crippen LogP contribution in [0.1, 0.15) is 12.8 Å². The summed E-state index contributed by atoms with van der Waals surface area (Å²) in [5.41, 5.74) is 0. The predicted molar refractivity (Wildman–Crippen MR) is 87.8 cm³/mol. The lowest BCUT2D eigenvalue weighted by atomic mass is 10.3. The van der Waals surface area contributed by atoms with Gasteiger partial charge in [-0.25, -0.2) is 0 Å². The molecule has 0 saturated heterocycles. The first-order valence-corrected chi connectivity index (χ1v) is 7.43. The highest BCUT2D eigenvalue weighted by Gasteiger charge is 2.09. The van der Waals surface area contributed by atoms with E-state index in [-0.39, 0.29) is 43.8 Å². The largest absolute Gasteiger partial charge is 0.481 e. The highest BCUT2D eigenvalue weighted by Crippen LogP contribution is 2.19. The number of carbonyl (C=O) groups is 2. The van der Waals surface area contributed by atoms with Crippen LogP contribution in [0.2, 0.25) is 0 Å². The SMILES string of the molecule is O=C(O)CCNc1nc(NCCC(=O)O)nc(Oc2ccccc2)n1. The highest BCUT2D eigenvalue weighted by atomic mass is 16.5. The number of carboxylic acid groups (broad SMARTS) is 2. The summed E-state index contributed by atoms with van der Waals surface area (Å²) >= 11 is 0. The summed E-state index contributed by atoms with van der Waals surface area (Å²) in [7, 11) is 0. The minimum absolute atomic E-state index is 0.00292. The number of ether oxygens (including phenoxy) is 1. The van der Waals surface area contributed by atoms with E-state index in [2.05, 4.69) is 25.6 Å². The van der Waals surface area contributed by atoms with E-state index in [1.165, 1.54) is 0 Å². The molecule has 0 bridgehead atoms. The Bertz CT molecular complexity index is 687.